The highest BCUT2D eigenvalue weighted by Gasteiger charge is 2.46. The number of rotatable bonds is 7. The zero-order chi connectivity index (χ0) is 41.0. The van der Waals surface area contributed by atoms with Gasteiger partial charge in [-0.15, -0.1) is 0 Å². The molecule has 0 unspecified atom stereocenters. The van der Waals surface area contributed by atoms with E-state index in [0.717, 1.165) is 60.9 Å². The summed E-state index contributed by atoms with van der Waals surface area (Å²) in [6.07, 6.45) is 0. The van der Waals surface area contributed by atoms with E-state index in [1.165, 1.54) is 33.4 Å². The second-order valence-corrected chi connectivity index (χ2v) is 15.9. The van der Waals surface area contributed by atoms with Gasteiger partial charge in [0.1, 0.15) is 11.2 Å². The molecular weight excluding hydrogens is 755 g/mol. The SMILES string of the molecule is c1ccc(-c2nc(-c3ccccc3)nc(-c3ccc(-c4cc5c(cc4-c4ccc6oc7ccccc7c6c4)-c4ccccc4C5(c4ccccc4)c4ccccc4)cc3)n2)cc1. The van der Waals surface area contributed by atoms with Crippen molar-refractivity contribution in [2.75, 3.05) is 0 Å². The molecular formula is C58H37N3O. The van der Waals surface area contributed by atoms with Crippen LogP contribution in [-0.2, 0) is 5.41 Å². The van der Waals surface area contributed by atoms with E-state index in [4.69, 9.17) is 19.4 Å². The second kappa shape index (κ2) is 14.5. The Bertz CT molecular complexity index is 3340. The summed E-state index contributed by atoms with van der Waals surface area (Å²) in [4.78, 5) is 15.0. The molecule has 0 fully saturated rings. The Hall–Kier alpha value is -8.21. The first kappa shape index (κ1) is 35.7. The number of aromatic nitrogens is 3. The van der Waals surface area contributed by atoms with Crippen LogP contribution < -0.4 is 0 Å². The summed E-state index contributed by atoms with van der Waals surface area (Å²) < 4.78 is 6.32. The lowest BCUT2D eigenvalue weighted by Crippen LogP contribution is -2.28. The third-order valence-electron chi connectivity index (χ3n) is 12.4. The van der Waals surface area contributed by atoms with Crippen molar-refractivity contribution in [1.29, 1.82) is 0 Å². The fourth-order valence-corrected chi connectivity index (χ4v) is 9.60. The van der Waals surface area contributed by atoms with Gasteiger partial charge in [0.15, 0.2) is 17.5 Å². The van der Waals surface area contributed by atoms with Gasteiger partial charge in [0, 0.05) is 27.5 Å². The van der Waals surface area contributed by atoms with Crippen molar-refractivity contribution < 1.29 is 4.42 Å². The lowest BCUT2D eigenvalue weighted by molar-refractivity contribution is 0.669. The third kappa shape index (κ3) is 5.72. The first-order chi connectivity index (χ1) is 30.7. The molecule has 0 radical (unpaired) electrons. The molecule has 62 heavy (non-hydrogen) atoms. The quantitative estimate of drug-likeness (QED) is 0.161. The molecule has 0 amide bonds. The van der Waals surface area contributed by atoms with E-state index in [1.807, 2.05) is 72.8 Å². The maximum absolute atomic E-state index is 6.32. The van der Waals surface area contributed by atoms with Crippen molar-refractivity contribution in [3.05, 3.63) is 247 Å². The van der Waals surface area contributed by atoms with Crippen molar-refractivity contribution in [3.8, 4) is 67.5 Å². The molecule has 0 bridgehead atoms. The van der Waals surface area contributed by atoms with Crippen molar-refractivity contribution >= 4 is 21.9 Å². The monoisotopic (exact) mass is 791 g/mol. The minimum absolute atomic E-state index is 0.543. The zero-order valence-electron chi connectivity index (χ0n) is 33.6. The van der Waals surface area contributed by atoms with Crippen molar-refractivity contribution in [2.24, 2.45) is 0 Å². The van der Waals surface area contributed by atoms with Crippen LogP contribution in [0.25, 0.3) is 89.5 Å². The van der Waals surface area contributed by atoms with E-state index in [2.05, 4.69) is 152 Å². The van der Waals surface area contributed by atoms with Crippen LogP contribution in [0.5, 0.6) is 0 Å². The molecule has 1 aliphatic carbocycles. The predicted octanol–water partition coefficient (Wildman–Crippen LogP) is 14.5. The Morgan fingerprint density at radius 1 is 0.290 bits per heavy atom. The van der Waals surface area contributed by atoms with Crippen molar-refractivity contribution in [1.82, 2.24) is 15.0 Å². The summed E-state index contributed by atoms with van der Waals surface area (Å²) in [7, 11) is 0. The van der Waals surface area contributed by atoms with Crippen molar-refractivity contribution in [3.63, 3.8) is 0 Å². The Morgan fingerprint density at radius 3 is 1.39 bits per heavy atom. The van der Waals surface area contributed by atoms with E-state index in [-0.39, 0.29) is 0 Å². The number of hydrogen-bond donors (Lipinski definition) is 0. The average molecular weight is 792 g/mol. The van der Waals surface area contributed by atoms with Gasteiger partial charge in [-0.3, -0.25) is 0 Å². The number of nitrogens with zero attached hydrogens (tertiary/aromatic N) is 3. The van der Waals surface area contributed by atoms with Crippen molar-refractivity contribution in [2.45, 2.75) is 5.41 Å². The van der Waals surface area contributed by atoms with E-state index in [9.17, 15) is 0 Å². The third-order valence-corrected chi connectivity index (χ3v) is 12.4. The Kier molecular flexibility index (Phi) is 8.36. The first-order valence-electron chi connectivity index (χ1n) is 21.0. The van der Waals surface area contributed by atoms with Gasteiger partial charge in [-0.05, 0) is 86.0 Å². The Morgan fingerprint density at radius 2 is 0.758 bits per heavy atom. The molecule has 11 aromatic rings. The molecule has 0 saturated carbocycles. The molecule has 9 aromatic carbocycles. The molecule has 0 spiro atoms. The molecule has 290 valence electrons. The smallest absolute Gasteiger partial charge is 0.164 e. The largest absolute Gasteiger partial charge is 0.456 e. The molecule has 12 rings (SSSR count). The van der Waals surface area contributed by atoms with E-state index in [0.29, 0.717) is 17.5 Å². The summed E-state index contributed by atoms with van der Waals surface area (Å²) in [6, 6.07) is 79.7. The fraction of sp³-hybridized carbons (Fsp3) is 0.0172. The maximum Gasteiger partial charge on any atom is 0.164 e. The lowest BCUT2D eigenvalue weighted by Gasteiger charge is -2.34. The summed E-state index contributed by atoms with van der Waals surface area (Å²) in [5.41, 5.74) is 16.0. The standard InChI is InChI=1S/C58H37N3O/c1-5-17-39(18-6-1)55-59-56(40-19-7-2-8-20-40)61-57(60-55)41-31-29-38(30-32-41)48-37-52-49(36-47(48)42-33-34-54-50(35-42)46-26-14-16-28-53(46)62-54)45-25-13-15-27-51(45)58(52,43-21-9-3-10-22-43)44-23-11-4-12-24-44/h1-37H. The first-order valence-corrected chi connectivity index (χ1v) is 21.0. The summed E-state index contributed by atoms with van der Waals surface area (Å²) in [5, 5.41) is 2.21. The van der Waals surface area contributed by atoms with Crippen LogP contribution in [0, 0.1) is 0 Å². The van der Waals surface area contributed by atoms with Crippen LogP contribution in [-0.4, -0.2) is 15.0 Å². The molecule has 4 nitrogen and oxygen atoms in total. The van der Waals surface area contributed by atoms with Gasteiger partial charge >= 0.3 is 0 Å². The van der Waals surface area contributed by atoms with Gasteiger partial charge in [-0.2, -0.15) is 0 Å². The fourth-order valence-electron chi connectivity index (χ4n) is 9.60. The maximum atomic E-state index is 6.32. The second-order valence-electron chi connectivity index (χ2n) is 15.9. The van der Waals surface area contributed by atoms with Gasteiger partial charge < -0.3 is 4.42 Å². The normalized spacial score (nSPS) is 12.6. The van der Waals surface area contributed by atoms with Crippen LogP contribution in [0.15, 0.2) is 229 Å². The molecule has 1 aliphatic rings. The molecule has 0 saturated heterocycles. The Balaban J connectivity index is 1.09. The number of benzene rings is 9. The van der Waals surface area contributed by atoms with Gasteiger partial charge in [0.2, 0.25) is 0 Å². The topological polar surface area (TPSA) is 51.8 Å². The summed E-state index contributed by atoms with van der Waals surface area (Å²) in [5.74, 6) is 1.90. The van der Waals surface area contributed by atoms with Gasteiger partial charge in [0.25, 0.3) is 0 Å². The molecule has 0 atom stereocenters. The minimum atomic E-state index is -0.543. The van der Waals surface area contributed by atoms with Gasteiger partial charge in [-0.1, -0.05) is 194 Å². The van der Waals surface area contributed by atoms with E-state index in [1.54, 1.807) is 0 Å². The van der Waals surface area contributed by atoms with E-state index >= 15 is 0 Å². The highest BCUT2D eigenvalue weighted by atomic mass is 16.3. The van der Waals surface area contributed by atoms with Crippen LogP contribution in [0.1, 0.15) is 22.3 Å². The van der Waals surface area contributed by atoms with Gasteiger partial charge in [-0.25, -0.2) is 15.0 Å². The average Bonchev–Trinajstić information content (AvgIpc) is 3.87. The number of fused-ring (bicyclic) bond motifs is 6. The molecule has 0 N–H and O–H groups in total. The summed E-state index contributed by atoms with van der Waals surface area (Å²) >= 11 is 0. The number of para-hydroxylation sites is 1. The number of hydrogen-bond acceptors (Lipinski definition) is 4. The highest BCUT2D eigenvalue weighted by Crippen LogP contribution is 2.58. The molecule has 2 heterocycles. The Labute approximate surface area is 359 Å². The van der Waals surface area contributed by atoms with Gasteiger partial charge in [0.05, 0.1) is 5.41 Å². The van der Waals surface area contributed by atoms with Crippen LogP contribution >= 0.6 is 0 Å². The zero-order valence-corrected chi connectivity index (χ0v) is 33.6. The van der Waals surface area contributed by atoms with E-state index < -0.39 is 5.41 Å². The van der Waals surface area contributed by atoms with Crippen LogP contribution in [0.2, 0.25) is 0 Å². The minimum Gasteiger partial charge on any atom is -0.456 e. The lowest BCUT2D eigenvalue weighted by atomic mass is 9.67. The number of furan rings is 1. The predicted molar refractivity (Wildman–Crippen MR) is 252 cm³/mol. The van der Waals surface area contributed by atoms with Crippen LogP contribution in [0.4, 0.5) is 0 Å². The molecule has 0 aliphatic heterocycles. The highest BCUT2D eigenvalue weighted by molar-refractivity contribution is 6.07. The molecule has 2 aromatic heterocycles. The molecule has 4 heteroatoms. The van der Waals surface area contributed by atoms with Crippen LogP contribution in [0.3, 0.4) is 0 Å². The summed E-state index contributed by atoms with van der Waals surface area (Å²) in [6.45, 7) is 0.